The van der Waals surface area contributed by atoms with E-state index in [1.165, 1.54) is 43.2 Å². The van der Waals surface area contributed by atoms with Crippen LogP contribution in [0.5, 0.6) is 11.5 Å². The zero-order chi connectivity index (χ0) is 29.6. The van der Waals surface area contributed by atoms with Crippen molar-refractivity contribution >= 4 is 39.7 Å². The summed E-state index contributed by atoms with van der Waals surface area (Å²) in [5.41, 5.74) is 6.90. The Hall–Kier alpha value is -3.74. The molecule has 43 heavy (non-hydrogen) atoms. The number of anilines is 1. The molecule has 1 saturated heterocycles. The number of piperazine rings is 1. The second kappa shape index (κ2) is 13.7. The van der Waals surface area contributed by atoms with Crippen LogP contribution in [0.4, 0.5) is 5.69 Å². The Morgan fingerprint density at radius 3 is 2.47 bits per heavy atom. The summed E-state index contributed by atoms with van der Waals surface area (Å²) < 4.78 is 11.8. The van der Waals surface area contributed by atoms with E-state index in [1.807, 2.05) is 67.7 Å². The van der Waals surface area contributed by atoms with E-state index in [2.05, 4.69) is 26.9 Å². The molecule has 1 aliphatic heterocycles. The van der Waals surface area contributed by atoms with Crippen molar-refractivity contribution in [2.24, 2.45) is 0 Å². The Balaban J connectivity index is 1.19. The summed E-state index contributed by atoms with van der Waals surface area (Å²) in [5, 5.41) is 1.76. The number of H-pyrrole nitrogens is 1. The number of carbonyl (C=O) groups is 1. The Bertz CT molecular complexity index is 1590. The van der Waals surface area contributed by atoms with E-state index in [-0.39, 0.29) is 5.97 Å². The van der Waals surface area contributed by atoms with Crippen LogP contribution in [0.3, 0.4) is 0 Å². The Morgan fingerprint density at radius 1 is 0.884 bits per heavy atom. The summed E-state index contributed by atoms with van der Waals surface area (Å²) in [6, 6.07) is 22.1. The van der Waals surface area contributed by atoms with Gasteiger partial charge in [0.15, 0.2) is 0 Å². The van der Waals surface area contributed by atoms with Gasteiger partial charge in [-0.05, 0) is 86.2 Å². The second-order valence-corrected chi connectivity index (χ2v) is 11.9. The minimum Gasteiger partial charge on any atom is -0.462 e. The van der Waals surface area contributed by atoms with Crippen molar-refractivity contribution in [2.45, 2.75) is 45.4 Å². The lowest BCUT2D eigenvalue weighted by Crippen LogP contribution is -2.47. The monoisotopic (exact) mass is 597 g/mol. The molecule has 1 aliphatic carbocycles. The minimum absolute atomic E-state index is 0.311. The molecule has 0 unspecified atom stereocenters. The van der Waals surface area contributed by atoms with Crippen molar-refractivity contribution in [3.05, 3.63) is 94.6 Å². The molecular weight excluding hydrogens is 558 g/mol. The third-order valence-corrected chi connectivity index (χ3v) is 8.91. The quantitative estimate of drug-likeness (QED) is 0.206. The normalized spacial score (nSPS) is 16.7. The topological polar surface area (TPSA) is 57.8 Å². The maximum Gasteiger partial charge on any atom is 0.341 e. The Kier molecular flexibility index (Phi) is 9.35. The summed E-state index contributed by atoms with van der Waals surface area (Å²) >= 11 is 6.21. The third kappa shape index (κ3) is 6.92. The summed E-state index contributed by atoms with van der Waals surface area (Å²) in [5.74, 6) is 0.841. The molecule has 0 amide bonds. The molecule has 3 aromatic carbocycles. The molecule has 224 valence electrons. The van der Waals surface area contributed by atoms with Gasteiger partial charge in [0.1, 0.15) is 17.1 Å². The molecule has 1 N–H and O–H groups in total. The molecule has 0 bridgehead atoms. The molecule has 0 saturated carbocycles. The van der Waals surface area contributed by atoms with Crippen LogP contribution in [0, 0.1) is 0 Å². The van der Waals surface area contributed by atoms with Crippen molar-refractivity contribution in [2.75, 3.05) is 44.2 Å². The van der Waals surface area contributed by atoms with Gasteiger partial charge in [-0.25, -0.2) is 4.79 Å². The van der Waals surface area contributed by atoms with Crippen LogP contribution in [0.15, 0.2) is 78.5 Å². The maximum absolute atomic E-state index is 12.8. The van der Waals surface area contributed by atoms with E-state index < -0.39 is 0 Å². The van der Waals surface area contributed by atoms with Crippen LogP contribution >= 0.6 is 11.6 Å². The highest BCUT2D eigenvalue weighted by atomic mass is 35.5. The fourth-order valence-corrected chi connectivity index (χ4v) is 6.49. The first-order chi connectivity index (χ1) is 21.1. The first-order valence-corrected chi connectivity index (χ1v) is 16.0. The van der Waals surface area contributed by atoms with Crippen molar-refractivity contribution in [1.29, 1.82) is 0 Å². The maximum atomic E-state index is 12.8. The third-order valence-electron chi connectivity index (χ3n) is 8.66. The van der Waals surface area contributed by atoms with Gasteiger partial charge in [-0.2, -0.15) is 0 Å². The van der Waals surface area contributed by atoms with Gasteiger partial charge in [-0.15, -0.1) is 0 Å². The number of halogens is 1. The predicted octanol–water partition coefficient (Wildman–Crippen LogP) is 8.72. The molecule has 1 fully saturated rings. The van der Waals surface area contributed by atoms with Gasteiger partial charge in [0, 0.05) is 66.6 Å². The highest BCUT2D eigenvalue weighted by molar-refractivity contribution is 6.30. The van der Waals surface area contributed by atoms with Crippen LogP contribution in [0.1, 0.15) is 61.4 Å². The number of carbonyl (C=O) groups excluding carboxylic acids is 1. The van der Waals surface area contributed by atoms with Crippen molar-refractivity contribution < 1.29 is 14.3 Å². The molecule has 4 aromatic rings. The average Bonchev–Trinajstić information content (AvgIpc) is 3.50. The number of hydrogen-bond donors (Lipinski definition) is 1. The second-order valence-electron chi connectivity index (χ2n) is 11.5. The number of benzene rings is 3. The number of ether oxygens (including phenoxy) is 2. The number of fused-ring (bicyclic) bond motifs is 1. The number of esters is 1. The number of allylic oxidation sites excluding steroid dienone is 1. The smallest absolute Gasteiger partial charge is 0.341 e. The highest BCUT2D eigenvalue weighted by Gasteiger charge is 2.23. The zero-order valence-electron chi connectivity index (χ0n) is 24.9. The first kappa shape index (κ1) is 29.3. The fourth-order valence-electron chi connectivity index (χ4n) is 6.36. The number of hydrogen-bond acceptors (Lipinski definition) is 5. The lowest BCUT2D eigenvalue weighted by Gasteiger charge is -2.37. The molecule has 6 rings (SSSR count). The SMILES string of the molecule is CCOC(=O)c1ccc(N2CCN(CC3=C(c4ccc(Cl)cc4)CCCCCC3)CC2)cc1Oc1cccc2[nH]ccc12. The number of aromatic amines is 1. The number of nitrogens with one attached hydrogen (secondary N) is 1. The molecule has 2 heterocycles. The molecule has 0 spiro atoms. The molecule has 6 nitrogen and oxygen atoms in total. The van der Waals surface area contributed by atoms with E-state index >= 15 is 0 Å². The van der Waals surface area contributed by atoms with Crippen LogP contribution < -0.4 is 9.64 Å². The zero-order valence-corrected chi connectivity index (χ0v) is 25.7. The van der Waals surface area contributed by atoms with Gasteiger partial charge in [0.05, 0.1) is 6.61 Å². The Morgan fingerprint density at radius 2 is 1.67 bits per heavy atom. The van der Waals surface area contributed by atoms with Gasteiger partial charge < -0.3 is 19.4 Å². The van der Waals surface area contributed by atoms with Gasteiger partial charge in [0.2, 0.25) is 0 Å². The van der Waals surface area contributed by atoms with Crippen molar-refractivity contribution in [3.8, 4) is 11.5 Å². The highest BCUT2D eigenvalue weighted by Crippen LogP contribution is 2.35. The van der Waals surface area contributed by atoms with E-state index in [1.54, 1.807) is 5.57 Å². The number of nitrogens with zero attached hydrogens (tertiary/aromatic N) is 2. The van der Waals surface area contributed by atoms with Crippen LogP contribution in [-0.2, 0) is 4.74 Å². The lowest BCUT2D eigenvalue weighted by molar-refractivity contribution is 0.0523. The van der Waals surface area contributed by atoms with E-state index in [4.69, 9.17) is 21.1 Å². The largest absolute Gasteiger partial charge is 0.462 e. The lowest BCUT2D eigenvalue weighted by atomic mass is 9.88. The van der Waals surface area contributed by atoms with Crippen LogP contribution in [-0.4, -0.2) is 55.2 Å². The summed E-state index contributed by atoms with van der Waals surface area (Å²) in [6.07, 6.45) is 9.34. The van der Waals surface area contributed by atoms with Crippen molar-refractivity contribution in [3.63, 3.8) is 0 Å². The average molecular weight is 598 g/mol. The summed E-state index contributed by atoms with van der Waals surface area (Å²) in [6.45, 7) is 6.93. The molecular formula is C36H40ClN3O3. The van der Waals surface area contributed by atoms with Crippen molar-refractivity contribution in [1.82, 2.24) is 9.88 Å². The molecule has 0 atom stereocenters. The minimum atomic E-state index is -0.376. The van der Waals surface area contributed by atoms with E-state index in [9.17, 15) is 4.79 Å². The number of aromatic nitrogens is 1. The Labute approximate surface area is 259 Å². The molecule has 2 aliphatic rings. The van der Waals surface area contributed by atoms with Crippen LogP contribution in [0.2, 0.25) is 5.02 Å². The predicted molar refractivity (Wildman–Crippen MR) is 175 cm³/mol. The van der Waals surface area contributed by atoms with Gasteiger partial charge >= 0.3 is 5.97 Å². The first-order valence-electron chi connectivity index (χ1n) is 15.6. The fraction of sp³-hybridized carbons (Fsp3) is 0.361. The standard InChI is InChI=1S/C36H40ClN3O3/c1-2-42-36(41)32-17-16-29(24-35(32)43-34-11-7-10-33-31(34)18-19-38-33)40-22-20-39(21-23-40)25-27-8-5-3-4-6-9-30(27)26-12-14-28(37)15-13-26/h7,10-19,24,38H,2-6,8-9,20-23,25H2,1H3. The summed E-state index contributed by atoms with van der Waals surface area (Å²) in [7, 11) is 0. The van der Waals surface area contributed by atoms with Gasteiger partial charge in [-0.3, -0.25) is 4.90 Å². The van der Waals surface area contributed by atoms with Gasteiger partial charge in [0.25, 0.3) is 0 Å². The summed E-state index contributed by atoms with van der Waals surface area (Å²) in [4.78, 5) is 21.1. The van der Waals surface area contributed by atoms with Crippen LogP contribution in [0.25, 0.3) is 16.5 Å². The molecule has 1 aromatic heterocycles. The number of rotatable bonds is 8. The molecule has 7 heteroatoms. The van der Waals surface area contributed by atoms with E-state index in [0.29, 0.717) is 23.7 Å². The van der Waals surface area contributed by atoms with E-state index in [0.717, 1.165) is 60.8 Å². The molecule has 0 radical (unpaired) electrons. The van der Waals surface area contributed by atoms with Gasteiger partial charge in [-0.1, -0.05) is 48.2 Å².